The van der Waals surface area contributed by atoms with Crippen LogP contribution < -0.4 is 10.6 Å². The van der Waals surface area contributed by atoms with Crippen LogP contribution in [0.3, 0.4) is 0 Å². The quantitative estimate of drug-likeness (QED) is 0.854. The van der Waals surface area contributed by atoms with Gasteiger partial charge in [0.15, 0.2) is 0 Å². The highest BCUT2D eigenvalue weighted by atomic mass is 32.1. The summed E-state index contributed by atoms with van der Waals surface area (Å²) in [5, 5.41) is 7.13. The first kappa shape index (κ1) is 16.2. The van der Waals surface area contributed by atoms with Crippen molar-refractivity contribution < 1.29 is 9.59 Å². The predicted molar refractivity (Wildman–Crippen MR) is 89.9 cm³/mol. The lowest BCUT2D eigenvalue weighted by Crippen LogP contribution is -2.34. The number of hydrogen-bond donors (Lipinski definition) is 2. The third-order valence-corrected chi connectivity index (χ3v) is 4.09. The van der Waals surface area contributed by atoms with Crippen molar-refractivity contribution in [3.63, 3.8) is 0 Å². The van der Waals surface area contributed by atoms with E-state index in [9.17, 15) is 9.59 Å². The number of amides is 2. The standard InChI is InChI=1S/C17H20N2O2S/c1-17(2,3)12-6-8-13(9-7-12)19-16(21)15(20)18-11-14-5-4-10-22-14/h4-10H,11H2,1-3H3,(H,18,20)(H,19,21). The molecular weight excluding hydrogens is 296 g/mol. The first-order chi connectivity index (χ1) is 10.4. The molecular formula is C17H20N2O2S. The van der Waals surface area contributed by atoms with Gasteiger partial charge in [0, 0.05) is 10.6 Å². The Kier molecular flexibility index (Phi) is 4.98. The van der Waals surface area contributed by atoms with Crippen LogP contribution in [0, 0.1) is 0 Å². The third kappa shape index (κ3) is 4.43. The van der Waals surface area contributed by atoms with Crippen molar-refractivity contribution in [3.05, 3.63) is 52.2 Å². The minimum Gasteiger partial charge on any atom is -0.343 e. The van der Waals surface area contributed by atoms with E-state index >= 15 is 0 Å². The van der Waals surface area contributed by atoms with Crippen molar-refractivity contribution in [3.8, 4) is 0 Å². The first-order valence-corrected chi connectivity index (χ1v) is 7.96. The number of benzene rings is 1. The monoisotopic (exact) mass is 316 g/mol. The van der Waals surface area contributed by atoms with Crippen molar-refractivity contribution in [1.29, 1.82) is 0 Å². The second kappa shape index (κ2) is 6.75. The number of carbonyl (C=O) groups is 2. The van der Waals surface area contributed by atoms with Crippen LogP contribution in [0.1, 0.15) is 31.2 Å². The number of thiophene rings is 1. The van der Waals surface area contributed by atoms with E-state index in [1.165, 1.54) is 16.9 Å². The zero-order valence-electron chi connectivity index (χ0n) is 13.0. The molecule has 22 heavy (non-hydrogen) atoms. The van der Waals surface area contributed by atoms with Gasteiger partial charge in [0.25, 0.3) is 0 Å². The maximum absolute atomic E-state index is 11.8. The molecule has 2 rings (SSSR count). The lowest BCUT2D eigenvalue weighted by molar-refractivity contribution is -0.136. The normalized spacial score (nSPS) is 11.0. The summed E-state index contributed by atoms with van der Waals surface area (Å²) in [5.41, 5.74) is 1.84. The van der Waals surface area contributed by atoms with Gasteiger partial charge in [0.1, 0.15) is 0 Å². The molecule has 1 heterocycles. The number of nitrogens with one attached hydrogen (secondary N) is 2. The summed E-state index contributed by atoms with van der Waals surface area (Å²) in [5.74, 6) is -1.28. The van der Waals surface area contributed by atoms with Gasteiger partial charge in [-0.05, 0) is 34.6 Å². The van der Waals surface area contributed by atoms with E-state index in [1.807, 2.05) is 41.8 Å². The van der Waals surface area contributed by atoms with E-state index in [4.69, 9.17) is 0 Å². The molecule has 0 fully saturated rings. The van der Waals surface area contributed by atoms with Gasteiger partial charge >= 0.3 is 11.8 Å². The molecule has 4 nitrogen and oxygen atoms in total. The Morgan fingerprint density at radius 2 is 1.73 bits per heavy atom. The van der Waals surface area contributed by atoms with Crippen LogP contribution in [-0.4, -0.2) is 11.8 Å². The van der Waals surface area contributed by atoms with Crippen molar-refractivity contribution in [2.75, 3.05) is 5.32 Å². The Morgan fingerprint density at radius 1 is 1.05 bits per heavy atom. The van der Waals surface area contributed by atoms with Crippen LogP contribution in [0.5, 0.6) is 0 Å². The third-order valence-electron chi connectivity index (χ3n) is 3.22. The molecule has 1 aromatic heterocycles. The highest BCUT2D eigenvalue weighted by molar-refractivity contribution is 7.09. The van der Waals surface area contributed by atoms with Crippen LogP contribution in [0.25, 0.3) is 0 Å². The lowest BCUT2D eigenvalue weighted by atomic mass is 9.87. The minimum atomic E-state index is -0.653. The number of anilines is 1. The number of carbonyl (C=O) groups excluding carboxylic acids is 2. The Labute approximate surface area is 134 Å². The van der Waals surface area contributed by atoms with E-state index in [1.54, 1.807) is 0 Å². The smallest absolute Gasteiger partial charge is 0.313 e. The number of hydrogen-bond acceptors (Lipinski definition) is 3. The molecule has 2 aromatic rings. The van der Waals surface area contributed by atoms with Crippen LogP contribution >= 0.6 is 11.3 Å². The molecule has 0 aliphatic rings. The van der Waals surface area contributed by atoms with Crippen LogP contribution in [0.2, 0.25) is 0 Å². The Balaban J connectivity index is 1.89. The molecule has 0 unspecified atom stereocenters. The van der Waals surface area contributed by atoms with Crippen LogP contribution in [0.4, 0.5) is 5.69 Å². The van der Waals surface area contributed by atoms with E-state index in [0.717, 1.165) is 4.88 Å². The summed E-state index contributed by atoms with van der Waals surface area (Å²) in [6, 6.07) is 11.4. The van der Waals surface area contributed by atoms with Crippen molar-refractivity contribution in [1.82, 2.24) is 5.32 Å². The summed E-state index contributed by atoms with van der Waals surface area (Å²) < 4.78 is 0. The molecule has 0 spiro atoms. The summed E-state index contributed by atoms with van der Waals surface area (Å²) in [7, 11) is 0. The fourth-order valence-electron chi connectivity index (χ4n) is 1.90. The molecule has 2 N–H and O–H groups in total. The van der Waals surface area contributed by atoms with Crippen LogP contribution in [-0.2, 0) is 21.5 Å². The number of rotatable bonds is 3. The van der Waals surface area contributed by atoms with Gasteiger partial charge < -0.3 is 10.6 Å². The molecule has 2 amide bonds. The van der Waals surface area contributed by atoms with Crippen molar-refractivity contribution in [2.24, 2.45) is 0 Å². The molecule has 0 atom stereocenters. The molecule has 0 aliphatic heterocycles. The second-order valence-electron chi connectivity index (χ2n) is 6.04. The Morgan fingerprint density at radius 3 is 2.27 bits per heavy atom. The van der Waals surface area contributed by atoms with Gasteiger partial charge in [-0.3, -0.25) is 9.59 Å². The average molecular weight is 316 g/mol. The largest absolute Gasteiger partial charge is 0.343 e. The zero-order valence-corrected chi connectivity index (χ0v) is 13.8. The van der Waals surface area contributed by atoms with Gasteiger partial charge in [-0.2, -0.15) is 0 Å². The van der Waals surface area contributed by atoms with E-state index in [0.29, 0.717) is 12.2 Å². The molecule has 0 saturated heterocycles. The SMILES string of the molecule is CC(C)(C)c1ccc(NC(=O)C(=O)NCc2cccs2)cc1. The highest BCUT2D eigenvalue weighted by Gasteiger charge is 2.15. The minimum absolute atomic E-state index is 0.0562. The highest BCUT2D eigenvalue weighted by Crippen LogP contribution is 2.23. The fraction of sp³-hybridized carbons (Fsp3) is 0.294. The van der Waals surface area contributed by atoms with Crippen molar-refractivity contribution >= 4 is 28.8 Å². The van der Waals surface area contributed by atoms with E-state index in [-0.39, 0.29) is 5.41 Å². The zero-order chi connectivity index (χ0) is 16.2. The van der Waals surface area contributed by atoms with Gasteiger partial charge in [-0.15, -0.1) is 11.3 Å². The molecule has 0 aliphatic carbocycles. The van der Waals surface area contributed by atoms with Gasteiger partial charge in [0.05, 0.1) is 6.54 Å². The molecule has 116 valence electrons. The Bertz CT molecular complexity index is 640. The van der Waals surface area contributed by atoms with E-state index < -0.39 is 11.8 Å². The maximum Gasteiger partial charge on any atom is 0.313 e. The second-order valence-corrected chi connectivity index (χ2v) is 7.08. The molecule has 1 aromatic carbocycles. The van der Waals surface area contributed by atoms with Gasteiger partial charge in [-0.25, -0.2) is 0 Å². The van der Waals surface area contributed by atoms with Gasteiger partial charge in [-0.1, -0.05) is 39.0 Å². The maximum atomic E-state index is 11.8. The molecule has 5 heteroatoms. The molecule has 0 saturated carbocycles. The van der Waals surface area contributed by atoms with Gasteiger partial charge in [0.2, 0.25) is 0 Å². The average Bonchev–Trinajstić information content (AvgIpc) is 2.97. The first-order valence-electron chi connectivity index (χ1n) is 7.08. The predicted octanol–water partition coefficient (Wildman–Crippen LogP) is 3.30. The Hall–Kier alpha value is -2.14. The lowest BCUT2D eigenvalue weighted by Gasteiger charge is -2.19. The topological polar surface area (TPSA) is 58.2 Å². The molecule has 0 bridgehead atoms. The summed E-state index contributed by atoms with van der Waals surface area (Å²) >= 11 is 1.54. The fourth-order valence-corrected chi connectivity index (χ4v) is 2.55. The van der Waals surface area contributed by atoms with E-state index in [2.05, 4.69) is 31.4 Å². The van der Waals surface area contributed by atoms with Crippen molar-refractivity contribution in [2.45, 2.75) is 32.7 Å². The van der Waals surface area contributed by atoms with Crippen LogP contribution in [0.15, 0.2) is 41.8 Å². The summed E-state index contributed by atoms with van der Waals surface area (Å²) in [6.45, 7) is 6.74. The molecule has 0 radical (unpaired) electrons. The summed E-state index contributed by atoms with van der Waals surface area (Å²) in [6.07, 6.45) is 0. The summed E-state index contributed by atoms with van der Waals surface area (Å²) in [4.78, 5) is 24.6.